The highest BCUT2D eigenvalue weighted by molar-refractivity contribution is 7.18. The number of hydrogen-bond donors (Lipinski definition) is 1. The molecule has 3 aromatic heterocycles. The number of anilines is 1. The number of aromatic nitrogens is 4. The number of hydrogen-bond acceptors (Lipinski definition) is 7. The van der Waals surface area contributed by atoms with Crippen LogP contribution < -0.4 is 5.32 Å². The van der Waals surface area contributed by atoms with Gasteiger partial charge in [-0.1, -0.05) is 25.1 Å². The van der Waals surface area contributed by atoms with Gasteiger partial charge in [-0.15, -0.1) is 11.3 Å². The SMILES string of the molecule is CC(C)c1nc2ccc(NC(=O)N3CCC(c4nc(-c5ccccn5)no4)CC3)cc2s1. The van der Waals surface area contributed by atoms with Gasteiger partial charge in [0.05, 0.1) is 15.2 Å². The number of fused-ring (bicyclic) bond motifs is 1. The van der Waals surface area contributed by atoms with Crippen molar-refractivity contribution in [2.45, 2.75) is 38.5 Å². The molecule has 1 aromatic carbocycles. The van der Waals surface area contributed by atoms with Crippen LogP contribution in [0.25, 0.3) is 21.7 Å². The standard InChI is InChI=1S/C23H24N6O2S/c1-14(2)22-26-17-7-6-16(13-19(17)32-22)25-23(30)29-11-8-15(9-12-29)21-27-20(28-31-21)18-5-3-4-10-24-18/h3-7,10,13-15H,8-9,11-12H2,1-2H3,(H,25,30). The second kappa shape index (κ2) is 8.66. The van der Waals surface area contributed by atoms with Crippen LogP contribution in [-0.2, 0) is 0 Å². The number of benzene rings is 1. The van der Waals surface area contributed by atoms with Crippen LogP contribution in [0.1, 0.15) is 49.4 Å². The summed E-state index contributed by atoms with van der Waals surface area (Å²) in [6.07, 6.45) is 3.27. The molecule has 0 radical (unpaired) electrons. The fourth-order valence-corrected chi connectivity index (χ4v) is 4.81. The van der Waals surface area contributed by atoms with Crippen LogP contribution in [0.4, 0.5) is 10.5 Å². The number of urea groups is 1. The molecule has 0 spiro atoms. The summed E-state index contributed by atoms with van der Waals surface area (Å²) in [6, 6.07) is 11.4. The number of carbonyl (C=O) groups excluding carboxylic acids is 1. The first-order valence-corrected chi connectivity index (χ1v) is 11.6. The fraction of sp³-hybridized carbons (Fsp3) is 0.348. The molecule has 1 saturated heterocycles. The van der Waals surface area contributed by atoms with Crippen LogP contribution in [0, 0.1) is 0 Å². The Balaban J connectivity index is 1.19. The Bertz CT molecular complexity index is 1230. The summed E-state index contributed by atoms with van der Waals surface area (Å²) in [5.74, 6) is 1.65. The van der Waals surface area contributed by atoms with E-state index in [-0.39, 0.29) is 11.9 Å². The molecule has 0 saturated carbocycles. The molecule has 32 heavy (non-hydrogen) atoms. The average Bonchev–Trinajstić information content (AvgIpc) is 3.47. The van der Waals surface area contributed by atoms with E-state index in [9.17, 15) is 4.79 Å². The van der Waals surface area contributed by atoms with Crippen molar-refractivity contribution < 1.29 is 9.32 Å². The second-order valence-electron chi connectivity index (χ2n) is 8.25. The Labute approximate surface area is 189 Å². The van der Waals surface area contributed by atoms with Crippen molar-refractivity contribution in [3.63, 3.8) is 0 Å². The highest BCUT2D eigenvalue weighted by atomic mass is 32.1. The first kappa shape index (κ1) is 20.6. The van der Waals surface area contributed by atoms with Gasteiger partial charge >= 0.3 is 6.03 Å². The number of likely N-dealkylation sites (tertiary alicyclic amines) is 1. The van der Waals surface area contributed by atoms with E-state index >= 15 is 0 Å². The molecule has 1 aliphatic rings. The summed E-state index contributed by atoms with van der Waals surface area (Å²) >= 11 is 1.68. The maximum atomic E-state index is 12.8. The van der Waals surface area contributed by atoms with Gasteiger partial charge in [-0.25, -0.2) is 9.78 Å². The van der Waals surface area contributed by atoms with E-state index in [0.29, 0.717) is 36.4 Å². The Morgan fingerprint density at radius 3 is 2.78 bits per heavy atom. The highest BCUT2D eigenvalue weighted by Gasteiger charge is 2.28. The van der Waals surface area contributed by atoms with Gasteiger partial charge in [-0.05, 0) is 43.2 Å². The number of nitrogens with one attached hydrogen (secondary N) is 1. The molecular formula is C23H24N6O2S. The van der Waals surface area contributed by atoms with Crippen LogP contribution in [0.2, 0.25) is 0 Å². The molecule has 0 bridgehead atoms. The molecule has 1 fully saturated rings. The molecule has 4 heterocycles. The Morgan fingerprint density at radius 1 is 1.19 bits per heavy atom. The third-order valence-electron chi connectivity index (χ3n) is 5.62. The van der Waals surface area contributed by atoms with E-state index in [4.69, 9.17) is 4.52 Å². The van der Waals surface area contributed by atoms with Crippen molar-refractivity contribution in [3.05, 3.63) is 53.5 Å². The van der Waals surface area contributed by atoms with Gasteiger partial charge in [0, 0.05) is 36.8 Å². The van der Waals surface area contributed by atoms with Crippen molar-refractivity contribution in [3.8, 4) is 11.5 Å². The van der Waals surface area contributed by atoms with Gasteiger partial charge in [0.1, 0.15) is 5.69 Å². The minimum absolute atomic E-state index is 0.0869. The number of thiazole rings is 1. The Hall–Kier alpha value is -3.33. The summed E-state index contributed by atoms with van der Waals surface area (Å²) in [4.78, 5) is 28.1. The molecule has 1 N–H and O–H groups in total. The van der Waals surface area contributed by atoms with E-state index in [1.165, 1.54) is 0 Å². The van der Waals surface area contributed by atoms with Crippen molar-refractivity contribution in [1.29, 1.82) is 0 Å². The van der Waals surface area contributed by atoms with Gasteiger partial charge in [-0.3, -0.25) is 4.98 Å². The minimum atomic E-state index is -0.0869. The average molecular weight is 449 g/mol. The Kier molecular flexibility index (Phi) is 5.57. The number of rotatable bonds is 4. The molecule has 8 nitrogen and oxygen atoms in total. The summed E-state index contributed by atoms with van der Waals surface area (Å²) in [5, 5.41) is 8.20. The molecule has 0 aliphatic carbocycles. The highest BCUT2D eigenvalue weighted by Crippen LogP contribution is 2.31. The lowest BCUT2D eigenvalue weighted by Crippen LogP contribution is -2.40. The maximum absolute atomic E-state index is 12.8. The number of carbonyl (C=O) groups is 1. The van der Waals surface area contributed by atoms with Gasteiger partial charge in [0.15, 0.2) is 0 Å². The van der Waals surface area contributed by atoms with Gasteiger partial charge in [0.25, 0.3) is 0 Å². The summed E-state index contributed by atoms with van der Waals surface area (Å²) in [5.41, 5.74) is 2.46. The molecule has 0 unspecified atom stereocenters. The predicted molar refractivity (Wildman–Crippen MR) is 124 cm³/mol. The monoisotopic (exact) mass is 448 g/mol. The number of piperidine rings is 1. The lowest BCUT2D eigenvalue weighted by atomic mass is 9.97. The largest absolute Gasteiger partial charge is 0.339 e. The number of pyridine rings is 1. The second-order valence-corrected chi connectivity index (χ2v) is 9.31. The molecule has 1 aliphatic heterocycles. The smallest absolute Gasteiger partial charge is 0.321 e. The predicted octanol–water partition coefficient (Wildman–Crippen LogP) is 5.28. The third kappa shape index (κ3) is 4.20. The van der Waals surface area contributed by atoms with E-state index in [1.54, 1.807) is 17.5 Å². The zero-order valence-corrected chi connectivity index (χ0v) is 18.8. The van der Waals surface area contributed by atoms with Crippen molar-refractivity contribution in [2.24, 2.45) is 0 Å². The van der Waals surface area contributed by atoms with Crippen LogP contribution in [-0.4, -0.2) is 44.1 Å². The van der Waals surface area contributed by atoms with Crippen molar-refractivity contribution in [1.82, 2.24) is 25.0 Å². The lowest BCUT2D eigenvalue weighted by Gasteiger charge is -2.30. The molecular weight excluding hydrogens is 424 g/mol. The van der Waals surface area contributed by atoms with Crippen LogP contribution >= 0.6 is 11.3 Å². The van der Waals surface area contributed by atoms with Crippen LogP contribution in [0.15, 0.2) is 47.1 Å². The summed E-state index contributed by atoms with van der Waals surface area (Å²) in [7, 11) is 0. The zero-order chi connectivity index (χ0) is 22.1. The minimum Gasteiger partial charge on any atom is -0.339 e. The molecule has 2 amide bonds. The van der Waals surface area contributed by atoms with Crippen LogP contribution in [0.5, 0.6) is 0 Å². The van der Waals surface area contributed by atoms with E-state index in [0.717, 1.165) is 33.8 Å². The maximum Gasteiger partial charge on any atom is 0.321 e. The van der Waals surface area contributed by atoms with Crippen molar-refractivity contribution in [2.75, 3.05) is 18.4 Å². The molecule has 164 valence electrons. The van der Waals surface area contributed by atoms with E-state index in [1.807, 2.05) is 41.3 Å². The topological polar surface area (TPSA) is 97.0 Å². The summed E-state index contributed by atoms with van der Waals surface area (Å²) < 4.78 is 6.57. The first-order valence-electron chi connectivity index (χ1n) is 10.8. The van der Waals surface area contributed by atoms with E-state index in [2.05, 4.69) is 39.3 Å². The third-order valence-corrected chi connectivity index (χ3v) is 6.94. The summed E-state index contributed by atoms with van der Waals surface area (Å²) in [6.45, 7) is 5.55. The first-order chi connectivity index (χ1) is 15.6. The fourth-order valence-electron chi connectivity index (χ4n) is 3.80. The van der Waals surface area contributed by atoms with E-state index < -0.39 is 0 Å². The van der Waals surface area contributed by atoms with Crippen LogP contribution in [0.3, 0.4) is 0 Å². The lowest BCUT2D eigenvalue weighted by molar-refractivity contribution is 0.187. The normalized spacial score (nSPS) is 14.9. The molecule has 5 rings (SSSR count). The molecule has 9 heteroatoms. The van der Waals surface area contributed by atoms with Gasteiger partial charge < -0.3 is 14.7 Å². The number of nitrogens with zero attached hydrogens (tertiary/aromatic N) is 5. The van der Waals surface area contributed by atoms with Gasteiger partial charge in [-0.2, -0.15) is 4.98 Å². The quantitative estimate of drug-likeness (QED) is 0.456. The zero-order valence-electron chi connectivity index (χ0n) is 18.0. The van der Waals surface area contributed by atoms with Gasteiger partial charge in [0.2, 0.25) is 11.7 Å². The molecule has 4 aromatic rings. The molecule has 0 atom stereocenters. The number of amides is 2. The Morgan fingerprint density at radius 2 is 2.03 bits per heavy atom. The van der Waals surface area contributed by atoms with Crippen molar-refractivity contribution >= 4 is 33.3 Å².